The SMILES string of the molecule is C=C1C(=O)O[C@@H]2[C@@H]1[C@H](O)CC(=C)[C@@H]1C[C@H](O)C(=C)[C@H]21. The van der Waals surface area contributed by atoms with E-state index in [0.29, 0.717) is 24.0 Å². The van der Waals surface area contributed by atoms with Crippen LogP contribution in [-0.2, 0) is 9.53 Å². The minimum Gasteiger partial charge on any atom is -0.458 e. The van der Waals surface area contributed by atoms with E-state index in [0.717, 1.165) is 5.57 Å². The van der Waals surface area contributed by atoms with Gasteiger partial charge in [-0.25, -0.2) is 4.79 Å². The van der Waals surface area contributed by atoms with Gasteiger partial charge in [-0.3, -0.25) is 0 Å². The largest absolute Gasteiger partial charge is 0.458 e. The summed E-state index contributed by atoms with van der Waals surface area (Å²) < 4.78 is 5.40. The number of aliphatic hydroxyl groups is 2. The molecule has 0 radical (unpaired) electrons. The Balaban J connectivity index is 2.05. The highest BCUT2D eigenvalue weighted by molar-refractivity contribution is 5.91. The Hall–Kier alpha value is -1.39. The van der Waals surface area contributed by atoms with Crippen molar-refractivity contribution in [1.29, 1.82) is 0 Å². The van der Waals surface area contributed by atoms with E-state index in [4.69, 9.17) is 4.74 Å². The summed E-state index contributed by atoms with van der Waals surface area (Å²) in [6.07, 6.45) is -0.800. The van der Waals surface area contributed by atoms with Crippen LogP contribution in [0.5, 0.6) is 0 Å². The van der Waals surface area contributed by atoms with Crippen LogP contribution in [0.2, 0.25) is 0 Å². The molecule has 3 fully saturated rings. The molecule has 6 atom stereocenters. The van der Waals surface area contributed by atoms with Crippen molar-refractivity contribution in [3.63, 3.8) is 0 Å². The van der Waals surface area contributed by atoms with Gasteiger partial charge in [-0.1, -0.05) is 25.3 Å². The molecule has 1 saturated heterocycles. The van der Waals surface area contributed by atoms with E-state index >= 15 is 0 Å². The molecule has 0 amide bonds. The molecule has 4 heteroatoms. The third-order valence-electron chi connectivity index (χ3n) is 4.79. The van der Waals surface area contributed by atoms with Gasteiger partial charge in [0.25, 0.3) is 0 Å². The number of rotatable bonds is 0. The topological polar surface area (TPSA) is 66.8 Å². The van der Waals surface area contributed by atoms with Crippen LogP contribution in [0.15, 0.2) is 36.5 Å². The maximum absolute atomic E-state index is 11.7. The first kappa shape index (κ1) is 12.6. The zero-order valence-electron chi connectivity index (χ0n) is 10.7. The smallest absolute Gasteiger partial charge is 0.334 e. The lowest BCUT2D eigenvalue weighted by molar-refractivity contribution is -0.141. The second kappa shape index (κ2) is 4.05. The molecular formula is C15H18O4. The average Bonchev–Trinajstić information content (AvgIpc) is 2.75. The number of fused-ring (bicyclic) bond motifs is 3. The molecule has 3 aliphatic rings. The van der Waals surface area contributed by atoms with Crippen LogP contribution in [0.1, 0.15) is 12.8 Å². The van der Waals surface area contributed by atoms with Gasteiger partial charge in [0.15, 0.2) is 0 Å². The number of hydrogen-bond donors (Lipinski definition) is 2. The molecule has 0 aromatic heterocycles. The van der Waals surface area contributed by atoms with Crippen molar-refractivity contribution in [2.24, 2.45) is 17.8 Å². The van der Waals surface area contributed by atoms with E-state index in [1.165, 1.54) is 0 Å². The number of hydrogen-bond acceptors (Lipinski definition) is 4. The maximum atomic E-state index is 11.7. The minimum atomic E-state index is -0.702. The van der Waals surface area contributed by atoms with Gasteiger partial charge in [-0.2, -0.15) is 0 Å². The number of carbonyl (C=O) groups is 1. The van der Waals surface area contributed by atoms with Gasteiger partial charge in [-0.05, 0) is 24.3 Å². The molecule has 2 N–H and O–H groups in total. The molecule has 2 aliphatic carbocycles. The fraction of sp³-hybridized carbons (Fsp3) is 0.533. The highest BCUT2D eigenvalue weighted by atomic mass is 16.6. The monoisotopic (exact) mass is 262 g/mol. The van der Waals surface area contributed by atoms with E-state index in [-0.39, 0.29) is 11.8 Å². The Morgan fingerprint density at radius 1 is 1.16 bits per heavy atom. The van der Waals surface area contributed by atoms with Gasteiger partial charge >= 0.3 is 5.97 Å². The lowest BCUT2D eigenvalue weighted by atomic mass is 9.81. The zero-order valence-corrected chi connectivity index (χ0v) is 10.7. The van der Waals surface area contributed by atoms with Crippen molar-refractivity contribution < 1.29 is 19.7 Å². The molecule has 4 nitrogen and oxygen atoms in total. The van der Waals surface area contributed by atoms with Crippen molar-refractivity contribution >= 4 is 5.97 Å². The minimum absolute atomic E-state index is 0.0193. The van der Waals surface area contributed by atoms with Gasteiger partial charge < -0.3 is 14.9 Å². The van der Waals surface area contributed by atoms with Crippen molar-refractivity contribution in [3.8, 4) is 0 Å². The molecule has 0 spiro atoms. The van der Waals surface area contributed by atoms with Crippen LogP contribution in [0.4, 0.5) is 0 Å². The molecule has 1 aliphatic heterocycles. The summed E-state index contributed by atoms with van der Waals surface area (Å²) in [5.74, 6) is -1.01. The average molecular weight is 262 g/mol. The summed E-state index contributed by atoms with van der Waals surface area (Å²) in [5, 5.41) is 20.3. The fourth-order valence-corrected chi connectivity index (χ4v) is 3.78. The van der Waals surface area contributed by atoms with Gasteiger partial charge in [0.2, 0.25) is 0 Å². The molecule has 3 rings (SSSR count). The standard InChI is InChI=1S/C15H18O4/c1-6-4-11(17)13-8(3)15(18)19-14(13)12-7(2)10(16)5-9(6)12/h9-14,16-17H,1-5H2/t9-,10-,11+,12-,13-,14-/m0/s1. The third kappa shape index (κ3) is 1.63. The third-order valence-corrected chi connectivity index (χ3v) is 4.79. The first-order valence-electron chi connectivity index (χ1n) is 6.54. The van der Waals surface area contributed by atoms with Crippen molar-refractivity contribution in [1.82, 2.24) is 0 Å². The van der Waals surface area contributed by atoms with Gasteiger partial charge in [-0.15, -0.1) is 0 Å². The first-order chi connectivity index (χ1) is 8.91. The highest BCUT2D eigenvalue weighted by Gasteiger charge is 2.55. The Morgan fingerprint density at radius 3 is 2.53 bits per heavy atom. The molecular weight excluding hydrogens is 244 g/mol. The maximum Gasteiger partial charge on any atom is 0.334 e. The van der Waals surface area contributed by atoms with E-state index in [1.54, 1.807) is 0 Å². The second-order valence-electron chi connectivity index (χ2n) is 5.81. The molecule has 1 heterocycles. The van der Waals surface area contributed by atoms with Crippen molar-refractivity contribution in [2.45, 2.75) is 31.2 Å². The lowest BCUT2D eigenvalue weighted by Crippen LogP contribution is -2.33. The summed E-state index contributed by atoms with van der Waals surface area (Å²) in [6, 6.07) is 0. The molecule has 2 saturated carbocycles. The van der Waals surface area contributed by atoms with E-state index < -0.39 is 30.2 Å². The van der Waals surface area contributed by atoms with Crippen LogP contribution in [0.25, 0.3) is 0 Å². The summed E-state index contributed by atoms with van der Waals surface area (Å²) >= 11 is 0. The predicted octanol–water partition coefficient (Wildman–Crippen LogP) is 0.958. The number of esters is 1. The Bertz CT molecular complexity index is 492. The van der Waals surface area contributed by atoms with Crippen molar-refractivity contribution in [2.75, 3.05) is 0 Å². The Labute approximate surface area is 112 Å². The summed E-state index contributed by atoms with van der Waals surface area (Å²) in [4.78, 5) is 11.7. The lowest BCUT2D eigenvalue weighted by Gasteiger charge is -2.26. The van der Waals surface area contributed by atoms with E-state index in [1.807, 2.05) is 0 Å². The first-order valence-corrected chi connectivity index (χ1v) is 6.54. The van der Waals surface area contributed by atoms with Crippen LogP contribution >= 0.6 is 0 Å². The fourth-order valence-electron chi connectivity index (χ4n) is 3.78. The molecule has 0 unspecified atom stereocenters. The van der Waals surface area contributed by atoms with Gasteiger partial charge in [0, 0.05) is 11.5 Å². The second-order valence-corrected chi connectivity index (χ2v) is 5.81. The van der Waals surface area contributed by atoms with Crippen molar-refractivity contribution in [3.05, 3.63) is 36.5 Å². The van der Waals surface area contributed by atoms with Gasteiger partial charge in [0.1, 0.15) is 6.10 Å². The molecule has 0 bridgehead atoms. The van der Waals surface area contributed by atoms with Crippen LogP contribution < -0.4 is 0 Å². The number of aliphatic hydroxyl groups excluding tert-OH is 2. The van der Waals surface area contributed by atoms with E-state index in [9.17, 15) is 15.0 Å². The molecule has 19 heavy (non-hydrogen) atoms. The Kier molecular flexibility index (Phi) is 2.69. The summed E-state index contributed by atoms with van der Waals surface area (Å²) in [7, 11) is 0. The summed E-state index contributed by atoms with van der Waals surface area (Å²) in [5.41, 5.74) is 1.89. The number of ether oxygens (including phenoxy) is 1. The van der Waals surface area contributed by atoms with Crippen LogP contribution in [0, 0.1) is 17.8 Å². The Morgan fingerprint density at radius 2 is 1.84 bits per heavy atom. The van der Waals surface area contributed by atoms with E-state index in [2.05, 4.69) is 19.7 Å². The quantitative estimate of drug-likeness (QED) is 0.387. The molecule has 0 aromatic rings. The zero-order chi connectivity index (χ0) is 13.9. The van der Waals surface area contributed by atoms with Crippen LogP contribution in [-0.4, -0.2) is 34.5 Å². The predicted molar refractivity (Wildman–Crippen MR) is 69.0 cm³/mol. The number of carbonyl (C=O) groups excluding carboxylic acids is 1. The molecule has 102 valence electrons. The summed E-state index contributed by atoms with van der Waals surface area (Å²) in [6.45, 7) is 11.7. The normalized spacial score (nSPS) is 45.8. The highest BCUT2D eigenvalue weighted by Crippen LogP contribution is 2.51. The van der Waals surface area contributed by atoms with Gasteiger partial charge in [0.05, 0.1) is 18.1 Å². The molecule has 0 aromatic carbocycles. The van der Waals surface area contributed by atoms with Crippen LogP contribution in [0.3, 0.4) is 0 Å².